The fourth-order valence-corrected chi connectivity index (χ4v) is 4.39. The molecule has 7 heteroatoms. The molecule has 120 valence electrons. The Morgan fingerprint density at radius 3 is 3.00 bits per heavy atom. The number of carbonyl (C=O) groups is 1. The Hall–Kier alpha value is -2.72. The van der Waals surface area contributed by atoms with Gasteiger partial charge < -0.3 is 9.40 Å². The molecule has 0 radical (unpaired) electrons. The zero-order valence-electron chi connectivity index (χ0n) is 12.7. The number of Topliss-reactive ketones (excluding diaryl/α,β-unsaturated/α-hetero) is 1. The van der Waals surface area contributed by atoms with E-state index in [0.29, 0.717) is 10.2 Å². The molecule has 1 aliphatic rings. The molecule has 1 unspecified atom stereocenters. The molecule has 1 N–H and O–H groups in total. The molecule has 0 aromatic carbocycles. The molecule has 0 saturated heterocycles. The standard InChI is InChI=1S/C17H13N3O3S/c18-8-10(14(21)11-5-3-7-23-11)15-19-16(22)13-9-4-1-2-6-12(9)24-17(13)20-15/h3,5,7,10H,1-2,4,6H2,(H,19,20,22). The molecule has 3 heterocycles. The van der Waals surface area contributed by atoms with Crippen molar-refractivity contribution in [2.24, 2.45) is 0 Å². The number of rotatable bonds is 3. The highest BCUT2D eigenvalue weighted by molar-refractivity contribution is 7.18. The van der Waals surface area contributed by atoms with Crippen LogP contribution < -0.4 is 5.56 Å². The highest BCUT2D eigenvalue weighted by Crippen LogP contribution is 2.34. The Morgan fingerprint density at radius 1 is 1.42 bits per heavy atom. The highest BCUT2D eigenvalue weighted by Gasteiger charge is 2.28. The summed E-state index contributed by atoms with van der Waals surface area (Å²) in [5, 5.41) is 10.0. The lowest BCUT2D eigenvalue weighted by Crippen LogP contribution is -2.19. The van der Waals surface area contributed by atoms with Crippen molar-refractivity contribution in [3.8, 4) is 6.07 Å². The number of hydrogen-bond donors (Lipinski definition) is 1. The average Bonchev–Trinajstić information content (AvgIpc) is 3.23. The molecule has 0 aliphatic heterocycles. The fraction of sp³-hybridized carbons (Fsp3) is 0.294. The number of nitrogens with one attached hydrogen (secondary N) is 1. The van der Waals surface area contributed by atoms with Crippen molar-refractivity contribution in [2.75, 3.05) is 0 Å². The first-order valence-corrected chi connectivity index (χ1v) is 8.52. The van der Waals surface area contributed by atoms with E-state index >= 15 is 0 Å². The fourth-order valence-electron chi connectivity index (χ4n) is 3.12. The molecule has 0 fully saturated rings. The second-order valence-corrected chi connectivity index (χ2v) is 6.83. The Bertz CT molecular complexity index is 1020. The smallest absolute Gasteiger partial charge is 0.259 e. The zero-order chi connectivity index (χ0) is 16.7. The molecule has 24 heavy (non-hydrogen) atoms. The van der Waals surface area contributed by atoms with Crippen molar-refractivity contribution in [3.63, 3.8) is 0 Å². The van der Waals surface area contributed by atoms with Gasteiger partial charge in [0.25, 0.3) is 5.56 Å². The van der Waals surface area contributed by atoms with E-state index in [1.165, 1.54) is 28.5 Å². The molecular formula is C17H13N3O3S. The molecule has 0 bridgehead atoms. The summed E-state index contributed by atoms with van der Waals surface area (Å²) in [5.41, 5.74) is 0.800. The number of furan rings is 1. The largest absolute Gasteiger partial charge is 0.461 e. The predicted molar refractivity (Wildman–Crippen MR) is 88.3 cm³/mol. The van der Waals surface area contributed by atoms with Crippen molar-refractivity contribution >= 4 is 27.3 Å². The SMILES string of the molecule is N#CC(C(=O)c1ccco1)c1nc2sc3c(c2c(=O)[nH]1)CCCC3. The number of nitrogens with zero attached hydrogens (tertiary/aromatic N) is 2. The monoisotopic (exact) mass is 339 g/mol. The van der Waals surface area contributed by atoms with Gasteiger partial charge in [-0.05, 0) is 43.4 Å². The second kappa shape index (κ2) is 5.73. The first kappa shape index (κ1) is 14.8. The number of aromatic nitrogens is 2. The molecule has 0 spiro atoms. The van der Waals surface area contributed by atoms with Gasteiger partial charge in [0.2, 0.25) is 5.78 Å². The number of nitriles is 1. The Morgan fingerprint density at radius 2 is 2.25 bits per heavy atom. The van der Waals surface area contributed by atoms with Crippen molar-refractivity contribution < 1.29 is 9.21 Å². The van der Waals surface area contributed by atoms with E-state index in [2.05, 4.69) is 9.97 Å². The van der Waals surface area contributed by atoms with Crippen molar-refractivity contribution in [3.05, 3.63) is 50.8 Å². The second-order valence-electron chi connectivity index (χ2n) is 5.75. The highest BCUT2D eigenvalue weighted by atomic mass is 32.1. The van der Waals surface area contributed by atoms with E-state index < -0.39 is 11.7 Å². The lowest BCUT2D eigenvalue weighted by atomic mass is 9.97. The summed E-state index contributed by atoms with van der Waals surface area (Å²) in [7, 11) is 0. The van der Waals surface area contributed by atoms with Crippen molar-refractivity contribution in [2.45, 2.75) is 31.6 Å². The van der Waals surface area contributed by atoms with Crippen LogP contribution in [-0.4, -0.2) is 15.8 Å². The van der Waals surface area contributed by atoms with E-state index in [4.69, 9.17) is 4.42 Å². The summed E-state index contributed by atoms with van der Waals surface area (Å²) in [6.45, 7) is 0. The van der Waals surface area contributed by atoms with Crippen LogP contribution in [0.1, 0.15) is 45.6 Å². The number of aryl methyl sites for hydroxylation is 2. The number of carbonyl (C=O) groups excluding carboxylic acids is 1. The van der Waals surface area contributed by atoms with Gasteiger partial charge in [0.15, 0.2) is 11.7 Å². The van der Waals surface area contributed by atoms with Crippen molar-refractivity contribution in [1.29, 1.82) is 5.26 Å². The van der Waals surface area contributed by atoms with Gasteiger partial charge in [0.05, 0.1) is 17.7 Å². The van der Waals surface area contributed by atoms with Crippen LogP contribution in [0.4, 0.5) is 0 Å². The molecule has 6 nitrogen and oxygen atoms in total. The Balaban J connectivity index is 1.84. The maximum atomic E-state index is 12.5. The summed E-state index contributed by atoms with van der Waals surface area (Å²) in [6, 6.07) is 4.99. The summed E-state index contributed by atoms with van der Waals surface area (Å²) in [4.78, 5) is 33.8. The van der Waals surface area contributed by atoms with Gasteiger partial charge in [-0.3, -0.25) is 9.59 Å². The maximum Gasteiger partial charge on any atom is 0.259 e. The lowest BCUT2D eigenvalue weighted by Gasteiger charge is -2.09. The Kier molecular flexibility index (Phi) is 3.54. The molecule has 3 aromatic heterocycles. The Labute approximate surface area is 140 Å². The first-order chi connectivity index (χ1) is 11.7. The van der Waals surface area contributed by atoms with E-state index in [-0.39, 0.29) is 17.1 Å². The van der Waals surface area contributed by atoms with Gasteiger partial charge in [0, 0.05) is 4.88 Å². The topological polar surface area (TPSA) is 99.8 Å². The summed E-state index contributed by atoms with van der Waals surface area (Å²) >= 11 is 1.49. The summed E-state index contributed by atoms with van der Waals surface area (Å²) in [5.74, 6) is -1.54. The molecule has 4 rings (SSSR count). The predicted octanol–water partition coefficient (Wildman–Crippen LogP) is 2.95. The number of H-pyrrole nitrogens is 1. The van der Waals surface area contributed by atoms with Crippen LogP contribution in [0.2, 0.25) is 0 Å². The van der Waals surface area contributed by atoms with E-state index in [1.54, 1.807) is 6.07 Å². The maximum absolute atomic E-state index is 12.5. The van der Waals surface area contributed by atoms with Gasteiger partial charge in [-0.2, -0.15) is 5.26 Å². The summed E-state index contributed by atoms with van der Waals surface area (Å²) < 4.78 is 5.07. The van der Waals surface area contributed by atoms with Gasteiger partial charge >= 0.3 is 0 Å². The first-order valence-electron chi connectivity index (χ1n) is 7.71. The van der Waals surface area contributed by atoms with Crippen LogP contribution in [0.15, 0.2) is 27.6 Å². The minimum atomic E-state index is -1.19. The molecule has 0 amide bonds. The van der Waals surface area contributed by atoms with Gasteiger partial charge in [0.1, 0.15) is 10.7 Å². The normalized spacial score (nSPS) is 15.0. The van der Waals surface area contributed by atoms with Gasteiger partial charge in [-0.15, -0.1) is 11.3 Å². The third-order valence-electron chi connectivity index (χ3n) is 4.27. The van der Waals surface area contributed by atoms with Crippen LogP contribution in [0, 0.1) is 11.3 Å². The van der Waals surface area contributed by atoms with Crippen LogP contribution in [0.5, 0.6) is 0 Å². The zero-order valence-corrected chi connectivity index (χ0v) is 13.5. The summed E-state index contributed by atoms with van der Waals surface area (Å²) in [6.07, 6.45) is 5.39. The van der Waals surface area contributed by atoms with E-state index in [9.17, 15) is 14.9 Å². The third kappa shape index (κ3) is 2.27. The van der Waals surface area contributed by atoms with Crippen LogP contribution in [-0.2, 0) is 12.8 Å². The molecule has 0 saturated carbocycles. The van der Waals surface area contributed by atoms with Gasteiger partial charge in [-0.1, -0.05) is 0 Å². The van der Waals surface area contributed by atoms with E-state index in [0.717, 1.165) is 31.2 Å². The molecule has 1 aliphatic carbocycles. The van der Waals surface area contributed by atoms with E-state index in [1.807, 2.05) is 6.07 Å². The quantitative estimate of drug-likeness (QED) is 0.740. The molecule has 1 atom stereocenters. The van der Waals surface area contributed by atoms with Crippen LogP contribution >= 0.6 is 11.3 Å². The molecular weight excluding hydrogens is 326 g/mol. The lowest BCUT2D eigenvalue weighted by molar-refractivity contribution is 0.0949. The number of hydrogen-bond acceptors (Lipinski definition) is 6. The minimum absolute atomic E-state index is 0.0785. The minimum Gasteiger partial charge on any atom is -0.461 e. The van der Waals surface area contributed by atoms with Crippen LogP contribution in [0.3, 0.4) is 0 Å². The number of thiophene rings is 1. The number of aromatic amines is 1. The van der Waals surface area contributed by atoms with Gasteiger partial charge in [-0.25, -0.2) is 4.98 Å². The van der Waals surface area contributed by atoms with Crippen LogP contribution in [0.25, 0.3) is 10.2 Å². The number of fused-ring (bicyclic) bond motifs is 3. The third-order valence-corrected chi connectivity index (χ3v) is 5.46. The average molecular weight is 339 g/mol. The van der Waals surface area contributed by atoms with Crippen molar-refractivity contribution in [1.82, 2.24) is 9.97 Å². The number of ketones is 1. The molecule has 3 aromatic rings.